The molecule has 0 spiro atoms. The molecule has 2 atom stereocenters. The number of methoxy groups -OCH3 is 2. The van der Waals surface area contributed by atoms with Crippen LogP contribution in [0.3, 0.4) is 0 Å². The molecule has 1 heterocycles. The first-order chi connectivity index (χ1) is 14.0. The van der Waals surface area contributed by atoms with Gasteiger partial charge in [0.15, 0.2) is 18.1 Å². The van der Waals surface area contributed by atoms with Crippen LogP contribution in [0.15, 0.2) is 42.5 Å². The molecule has 0 radical (unpaired) electrons. The van der Waals surface area contributed by atoms with Crippen LogP contribution in [-0.2, 0) is 11.3 Å². The van der Waals surface area contributed by atoms with E-state index in [1.54, 1.807) is 14.2 Å². The number of ether oxygens (including phenoxy) is 3. The van der Waals surface area contributed by atoms with Crippen LogP contribution < -0.4 is 25.7 Å². The standard InChI is InChI=1S/C22H29N3O4.ClH/c1-27-19-8-15(9-20(28-2)22(19)29-14-21(24)26)11-25-12-17(10-23)18(13-25)16-6-4-3-5-7-16;/h3-9,17-18H,10-14,23H2,1-2H3,(H2,24,26);1H/t17-,18+;/m1./s1. The third kappa shape index (κ3) is 5.56. The van der Waals surface area contributed by atoms with Gasteiger partial charge in [0.05, 0.1) is 14.2 Å². The van der Waals surface area contributed by atoms with Crippen molar-refractivity contribution in [3.63, 3.8) is 0 Å². The minimum Gasteiger partial charge on any atom is -0.493 e. The Morgan fingerprint density at radius 2 is 1.73 bits per heavy atom. The second kappa shape index (κ2) is 11.1. The van der Waals surface area contributed by atoms with Crippen molar-refractivity contribution in [3.05, 3.63) is 53.6 Å². The number of nitrogens with zero attached hydrogens (tertiary/aromatic N) is 1. The summed E-state index contributed by atoms with van der Waals surface area (Å²) in [5.41, 5.74) is 13.6. The quantitative estimate of drug-likeness (QED) is 0.626. The molecular weight excluding hydrogens is 406 g/mol. The minimum atomic E-state index is -0.560. The summed E-state index contributed by atoms with van der Waals surface area (Å²) < 4.78 is 16.4. The van der Waals surface area contributed by atoms with Gasteiger partial charge < -0.3 is 25.7 Å². The topological polar surface area (TPSA) is 100 Å². The summed E-state index contributed by atoms with van der Waals surface area (Å²) in [5, 5.41) is 0. The molecular formula is C22H30ClN3O4. The second-order valence-corrected chi connectivity index (χ2v) is 7.29. The van der Waals surface area contributed by atoms with Crippen molar-refractivity contribution < 1.29 is 19.0 Å². The first-order valence-electron chi connectivity index (χ1n) is 9.69. The Kier molecular flexibility index (Phi) is 8.77. The number of carbonyl (C=O) groups is 1. The number of nitrogens with two attached hydrogens (primary N) is 2. The molecule has 4 N–H and O–H groups in total. The molecule has 1 aliphatic heterocycles. The molecule has 0 bridgehead atoms. The Morgan fingerprint density at radius 1 is 1.10 bits per heavy atom. The molecule has 30 heavy (non-hydrogen) atoms. The van der Waals surface area contributed by atoms with Crippen molar-refractivity contribution in [2.24, 2.45) is 17.4 Å². The average Bonchev–Trinajstić information content (AvgIpc) is 3.15. The Morgan fingerprint density at radius 3 is 2.27 bits per heavy atom. The van der Waals surface area contributed by atoms with E-state index in [-0.39, 0.29) is 19.0 Å². The highest BCUT2D eigenvalue weighted by atomic mass is 35.5. The van der Waals surface area contributed by atoms with Gasteiger partial charge in [-0.3, -0.25) is 9.69 Å². The highest BCUT2D eigenvalue weighted by Gasteiger charge is 2.33. The van der Waals surface area contributed by atoms with Crippen LogP contribution in [-0.4, -0.2) is 51.3 Å². The summed E-state index contributed by atoms with van der Waals surface area (Å²) in [4.78, 5) is 13.5. The number of likely N-dealkylation sites (tertiary alicyclic amines) is 1. The Labute approximate surface area is 183 Å². The minimum absolute atomic E-state index is 0. The number of halogens is 1. The van der Waals surface area contributed by atoms with E-state index in [9.17, 15) is 4.79 Å². The van der Waals surface area contributed by atoms with Gasteiger partial charge in [0.2, 0.25) is 5.75 Å². The highest BCUT2D eigenvalue weighted by molar-refractivity contribution is 5.85. The van der Waals surface area contributed by atoms with Crippen LogP contribution in [0, 0.1) is 5.92 Å². The van der Waals surface area contributed by atoms with Crippen LogP contribution in [0.4, 0.5) is 0 Å². The first kappa shape index (κ1) is 23.8. The Bertz CT molecular complexity index is 809. The fraction of sp³-hybridized carbons (Fsp3) is 0.409. The zero-order valence-electron chi connectivity index (χ0n) is 17.4. The first-order valence-corrected chi connectivity index (χ1v) is 9.69. The zero-order chi connectivity index (χ0) is 20.8. The molecule has 1 fully saturated rings. The number of primary amides is 1. The van der Waals surface area contributed by atoms with Gasteiger partial charge in [0, 0.05) is 25.6 Å². The molecule has 7 nitrogen and oxygen atoms in total. The van der Waals surface area contributed by atoms with E-state index in [2.05, 4.69) is 29.2 Å². The second-order valence-electron chi connectivity index (χ2n) is 7.29. The van der Waals surface area contributed by atoms with E-state index < -0.39 is 5.91 Å². The molecule has 0 aliphatic carbocycles. The van der Waals surface area contributed by atoms with Gasteiger partial charge in [-0.25, -0.2) is 0 Å². The van der Waals surface area contributed by atoms with Gasteiger partial charge in [-0.2, -0.15) is 0 Å². The lowest BCUT2D eigenvalue weighted by Crippen LogP contribution is -2.23. The molecule has 2 aromatic rings. The van der Waals surface area contributed by atoms with Crippen molar-refractivity contribution in [2.45, 2.75) is 12.5 Å². The number of hydrogen-bond acceptors (Lipinski definition) is 6. The average molecular weight is 436 g/mol. The number of hydrogen-bond donors (Lipinski definition) is 2. The number of carbonyl (C=O) groups excluding carboxylic acids is 1. The molecule has 0 unspecified atom stereocenters. The monoisotopic (exact) mass is 435 g/mol. The summed E-state index contributed by atoms with van der Waals surface area (Å²) in [7, 11) is 3.11. The van der Waals surface area contributed by atoms with Crippen molar-refractivity contribution in [1.82, 2.24) is 4.90 Å². The molecule has 2 aromatic carbocycles. The summed E-state index contributed by atoms with van der Waals surface area (Å²) in [6, 6.07) is 14.4. The molecule has 3 rings (SSSR count). The molecule has 1 saturated heterocycles. The molecule has 0 aromatic heterocycles. The number of benzene rings is 2. The molecule has 1 amide bonds. The third-order valence-electron chi connectivity index (χ3n) is 5.33. The van der Waals surface area contributed by atoms with Gasteiger partial charge in [0.1, 0.15) is 0 Å². The van der Waals surface area contributed by atoms with Crippen LogP contribution in [0.5, 0.6) is 17.2 Å². The van der Waals surface area contributed by atoms with Gasteiger partial charge in [-0.1, -0.05) is 30.3 Å². The van der Waals surface area contributed by atoms with Gasteiger partial charge in [0.25, 0.3) is 5.91 Å². The van der Waals surface area contributed by atoms with Gasteiger partial charge in [-0.05, 0) is 35.7 Å². The lowest BCUT2D eigenvalue weighted by atomic mass is 9.89. The summed E-state index contributed by atoms with van der Waals surface area (Å²) in [5.74, 6) is 1.67. The van der Waals surface area contributed by atoms with E-state index in [1.807, 2.05) is 18.2 Å². The maximum absolute atomic E-state index is 11.1. The van der Waals surface area contributed by atoms with E-state index in [0.29, 0.717) is 35.6 Å². The molecule has 0 saturated carbocycles. The lowest BCUT2D eigenvalue weighted by Gasteiger charge is -2.19. The Hall–Kier alpha value is -2.48. The van der Waals surface area contributed by atoms with Crippen LogP contribution in [0.2, 0.25) is 0 Å². The summed E-state index contributed by atoms with van der Waals surface area (Å²) in [6.07, 6.45) is 0. The number of rotatable bonds is 9. The van der Waals surface area contributed by atoms with Gasteiger partial charge in [-0.15, -0.1) is 12.4 Å². The molecule has 1 aliphatic rings. The van der Waals surface area contributed by atoms with Crippen LogP contribution in [0.1, 0.15) is 17.0 Å². The van der Waals surface area contributed by atoms with Crippen molar-refractivity contribution in [3.8, 4) is 17.2 Å². The fourth-order valence-corrected chi connectivity index (χ4v) is 3.98. The summed E-state index contributed by atoms with van der Waals surface area (Å²) in [6.45, 7) is 3.03. The predicted molar refractivity (Wildman–Crippen MR) is 118 cm³/mol. The van der Waals surface area contributed by atoms with Crippen molar-refractivity contribution in [2.75, 3.05) is 40.5 Å². The maximum atomic E-state index is 11.1. The van der Waals surface area contributed by atoms with Gasteiger partial charge >= 0.3 is 0 Å². The smallest absolute Gasteiger partial charge is 0.255 e. The van der Waals surface area contributed by atoms with Crippen molar-refractivity contribution >= 4 is 18.3 Å². The predicted octanol–water partition coefficient (Wildman–Crippen LogP) is 2.16. The lowest BCUT2D eigenvalue weighted by molar-refractivity contribution is -0.120. The zero-order valence-corrected chi connectivity index (χ0v) is 18.2. The van der Waals surface area contributed by atoms with Crippen molar-refractivity contribution in [1.29, 1.82) is 0 Å². The van der Waals surface area contributed by atoms with Crippen LogP contribution in [0.25, 0.3) is 0 Å². The number of amides is 1. The van der Waals surface area contributed by atoms with E-state index in [0.717, 1.165) is 25.2 Å². The van der Waals surface area contributed by atoms with E-state index >= 15 is 0 Å². The molecule has 164 valence electrons. The fourth-order valence-electron chi connectivity index (χ4n) is 3.98. The SMILES string of the molecule is COc1cc(CN2C[C@@H](CN)[C@H](c3ccccc3)C2)cc(OC)c1OCC(N)=O.Cl. The summed E-state index contributed by atoms with van der Waals surface area (Å²) >= 11 is 0. The molecule has 8 heteroatoms. The Balaban J connectivity index is 0.00000320. The third-order valence-corrected chi connectivity index (χ3v) is 5.33. The van der Waals surface area contributed by atoms with E-state index in [4.69, 9.17) is 25.7 Å². The van der Waals surface area contributed by atoms with E-state index in [1.165, 1.54) is 5.56 Å². The largest absolute Gasteiger partial charge is 0.493 e. The highest BCUT2D eigenvalue weighted by Crippen LogP contribution is 2.40. The van der Waals surface area contributed by atoms with Crippen LogP contribution >= 0.6 is 12.4 Å². The maximum Gasteiger partial charge on any atom is 0.255 e. The normalized spacial score (nSPS) is 18.5.